The summed E-state index contributed by atoms with van der Waals surface area (Å²) in [7, 11) is 0. The Morgan fingerprint density at radius 3 is 2.28 bits per heavy atom. The lowest BCUT2D eigenvalue weighted by Gasteiger charge is -2.06. The van der Waals surface area contributed by atoms with Crippen LogP contribution in [0.4, 0.5) is 14.5 Å². The van der Waals surface area contributed by atoms with Crippen molar-refractivity contribution < 1.29 is 8.78 Å². The molecule has 0 unspecified atom stereocenters. The number of hydrogen-bond donors (Lipinski definition) is 1. The van der Waals surface area contributed by atoms with Crippen LogP contribution in [-0.2, 0) is 0 Å². The molecule has 0 bridgehead atoms. The van der Waals surface area contributed by atoms with E-state index in [1.54, 1.807) is 36.4 Å². The maximum atomic E-state index is 12.2. The van der Waals surface area contributed by atoms with Crippen molar-refractivity contribution in [1.29, 1.82) is 0 Å². The quantitative estimate of drug-likeness (QED) is 0.641. The molecule has 1 nitrogen and oxygen atoms in total. The van der Waals surface area contributed by atoms with Gasteiger partial charge in [-0.2, -0.15) is 8.78 Å². The van der Waals surface area contributed by atoms with Gasteiger partial charge in [-0.15, -0.1) is 0 Å². The molecule has 94 valence electrons. The van der Waals surface area contributed by atoms with Gasteiger partial charge < -0.3 is 5.73 Å². The van der Waals surface area contributed by atoms with Gasteiger partial charge in [-0.3, -0.25) is 0 Å². The summed E-state index contributed by atoms with van der Waals surface area (Å²) < 4.78 is 24.4. The smallest absolute Gasteiger partial charge is 0.288 e. The largest absolute Gasteiger partial charge is 0.399 e. The van der Waals surface area contributed by atoms with E-state index in [1.807, 2.05) is 6.07 Å². The predicted molar refractivity (Wildman–Crippen MR) is 73.2 cm³/mol. The number of halogens is 3. The molecule has 2 rings (SSSR count). The summed E-state index contributed by atoms with van der Waals surface area (Å²) in [5, 5.41) is 0.546. The number of anilines is 1. The van der Waals surface area contributed by atoms with Gasteiger partial charge in [-0.05, 0) is 29.8 Å². The van der Waals surface area contributed by atoms with E-state index in [1.165, 1.54) is 0 Å². The summed E-state index contributed by atoms with van der Waals surface area (Å²) in [5.74, 6) is -2.41. The molecule has 2 N–H and O–H groups in total. The highest BCUT2D eigenvalue weighted by Crippen LogP contribution is 2.32. The number of thioether (sulfide) groups is 1. The topological polar surface area (TPSA) is 26.0 Å². The van der Waals surface area contributed by atoms with Crippen LogP contribution >= 0.6 is 23.4 Å². The molecule has 2 aromatic rings. The zero-order valence-corrected chi connectivity index (χ0v) is 10.8. The van der Waals surface area contributed by atoms with Gasteiger partial charge in [0.05, 0.1) is 5.02 Å². The summed E-state index contributed by atoms with van der Waals surface area (Å²) in [4.78, 5) is 0.528. The number of nitrogens with two attached hydrogens (primary N) is 1. The van der Waals surface area contributed by atoms with Crippen LogP contribution in [0, 0.1) is 0 Å². The molecule has 0 spiro atoms. The highest BCUT2D eigenvalue weighted by molar-refractivity contribution is 7.99. The van der Waals surface area contributed by atoms with Crippen molar-refractivity contribution in [3.63, 3.8) is 0 Å². The normalized spacial score (nSPS) is 10.9. The summed E-state index contributed by atoms with van der Waals surface area (Å²) >= 11 is 6.61. The Hall–Kier alpha value is -1.26. The first-order valence-electron chi connectivity index (χ1n) is 5.16. The first-order chi connectivity index (χ1) is 8.56. The molecule has 0 saturated carbocycles. The third-order valence-electron chi connectivity index (χ3n) is 2.38. The number of rotatable bonds is 3. The van der Waals surface area contributed by atoms with Crippen LogP contribution in [0.1, 0.15) is 0 Å². The first-order valence-corrected chi connectivity index (χ1v) is 6.42. The van der Waals surface area contributed by atoms with Gasteiger partial charge in [0.2, 0.25) is 0 Å². The van der Waals surface area contributed by atoms with Gasteiger partial charge in [0, 0.05) is 16.1 Å². The molecule has 0 amide bonds. The van der Waals surface area contributed by atoms with Gasteiger partial charge in [0.15, 0.2) is 0 Å². The average Bonchev–Trinajstić information content (AvgIpc) is 2.30. The molecular formula is C13H10ClF2NS. The third-order valence-corrected chi connectivity index (χ3v) is 3.42. The van der Waals surface area contributed by atoms with Crippen LogP contribution < -0.4 is 5.73 Å². The second kappa shape index (κ2) is 5.59. The first kappa shape index (κ1) is 13.2. The zero-order valence-electron chi connectivity index (χ0n) is 9.24. The van der Waals surface area contributed by atoms with Crippen molar-refractivity contribution in [3.8, 4) is 11.1 Å². The summed E-state index contributed by atoms with van der Waals surface area (Å²) in [6, 6.07) is 12.1. The monoisotopic (exact) mass is 285 g/mol. The SMILES string of the molecule is Nc1ccc(-c2ccc(SC(F)F)cc2)c(Cl)c1. The minimum absolute atomic E-state index is 0.523. The van der Waals surface area contributed by atoms with Crippen LogP contribution in [-0.4, -0.2) is 5.76 Å². The Morgan fingerprint density at radius 1 is 1.06 bits per heavy atom. The van der Waals surface area contributed by atoms with E-state index < -0.39 is 5.76 Å². The van der Waals surface area contributed by atoms with Crippen molar-refractivity contribution in [3.05, 3.63) is 47.5 Å². The predicted octanol–water partition coefficient (Wildman–Crippen LogP) is 4.90. The Labute approximate surface area is 113 Å². The van der Waals surface area contributed by atoms with E-state index in [-0.39, 0.29) is 0 Å². The summed E-state index contributed by atoms with van der Waals surface area (Å²) in [6.45, 7) is 0. The van der Waals surface area contributed by atoms with Crippen molar-refractivity contribution in [2.24, 2.45) is 0 Å². The highest BCUT2D eigenvalue weighted by atomic mass is 35.5. The Balaban J connectivity index is 2.28. The molecule has 0 aliphatic carbocycles. The lowest BCUT2D eigenvalue weighted by Crippen LogP contribution is -1.86. The van der Waals surface area contributed by atoms with Crippen LogP contribution in [0.5, 0.6) is 0 Å². The van der Waals surface area contributed by atoms with E-state index in [4.69, 9.17) is 17.3 Å². The molecular weight excluding hydrogens is 276 g/mol. The molecule has 5 heteroatoms. The fraction of sp³-hybridized carbons (Fsp3) is 0.0769. The molecule has 0 aromatic heterocycles. The number of benzene rings is 2. The summed E-state index contributed by atoms with van der Waals surface area (Å²) in [5.41, 5.74) is 7.91. The van der Waals surface area contributed by atoms with Gasteiger partial charge in [0.25, 0.3) is 5.76 Å². The summed E-state index contributed by atoms with van der Waals surface area (Å²) in [6.07, 6.45) is 0. The lowest BCUT2D eigenvalue weighted by atomic mass is 10.1. The number of alkyl halides is 2. The van der Waals surface area contributed by atoms with Crippen molar-refractivity contribution in [1.82, 2.24) is 0 Å². The van der Waals surface area contributed by atoms with E-state index in [0.29, 0.717) is 27.4 Å². The maximum absolute atomic E-state index is 12.2. The molecule has 0 saturated heterocycles. The average molecular weight is 286 g/mol. The molecule has 0 radical (unpaired) electrons. The van der Waals surface area contributed by atoms with E-state index >= 15 is 0 Å². The Bertz CT molecular complexity index is 543. The molecule has 0 heterocycles. The van der Waals surface area contributed by atoms with Crippen molar-refractivity contribution >= 4 is 29.1 Å². The minimum atomic E-state index is -2.41. The number of hydrogen-bond acceptors (Lipinski definition) is 2. The van der Waals surface area contributed by atoms with Crippen LogP contribution in [0.25, 0.3) is 11.1 Å². The highest BCUT2D eigenvalue weighted by Gasteiger charge is 2.07. The second-order valence-electron chi connectivity index (χ2n) is 3.64. The van der Waals surface area contributed by atoms with E-state index in [9.17, 15) is 8.78 Å². The van der Waals surface area contributed by atoms with E-state index in [2.05, 4.69) is 0 Å². The van der Waals surface area contributed by atoms with Gasteiger partial charge in [0.1, 0.15) is 0 Å². The molecule has 0 fully saturated rings. The van der Waals surface area contributed by atoms with Gasteiger partial charge >= 0.3 is 0 Å². The van der Waals surface area contributed by atoms with Crippen LogP contribution in [0.3, 0.4) is 0 Å². The minimum Gasteiger partial charge on any atom is -0.399 e. The van der Waals surface area contributed by atoms with E-state index in [0.717, 1.165) is 11.1 Å². The van der Waals surface area contributed by atoms with Crippen molar-refractivity contribution in [2.75, 3.05) is 5.73 Å². The van der Waals surface area contributed by atoms with Crippen molar-refractivity contribution in [2.45, 2.75) is 10.7 Å². The fourth-order valence-electron chi connectivity index (χ4n) is 1.58. The molecule has 0 aliphatic rings. The standard InChI is InChI=1S/C13H10ClF2NS/c14-12-7-9(17)3-6-11(12)8-1-4-10(5-2-8)18-13(15)16/h1-7,13H,17H2. The van der Waals surface area contributed by atoms with Gasteiger partial charge in [-0.1, -0.05) is 41.6 Å². The lowest BCUT2D eigenvalue weighted by molar-refractivity contribution is 0.252. The molecule has 18 heavy (non-hydrogen) atoms. The third kappa shape index (κ3) is 3.15. The Morgan fingerprint density at radius 2 is 1.72 bits per heavy atom. The Kier molecular flexibility index (Phi) is 4.09. The van der Waals surface area contributed by atoms with Crippen LogP contribution in [0.15, 0.2) is 47.4 Å². The molecule has 2 aromatic carbocycles. The van der Waals surface area contributed by atoms with Crippen LogP contribution in [0.2, 0.25) is 5.02 Å². The number of nitrogen functional groups attached to an aromatic ring is 1. The zero-order chi connectivity index (χ0) is 13.1. The molecule has 0 aliphatic heterocycles. The second-order valence-corrected chi connectivity index (χ2v) is 5.11. The van der Waals surface area contributed by atoms with Gasteiger partial charge in [-0.25, -0.2) is 0 Å². The molecule has 0 atom stereocenters. The fourth-order valence-corrected chi connectivity index (χ4v) is 2.38. The maximum Gasteiger partial charge on any atom is 0.288 e.